The van der Waals surface area contributed by atoms with Crippen LogP contribution in [-0.4, -0.2) is 11.7 Å². The standard InChI is InChI=1S/C6H12O/c1-5-2-3-6(5)4-7/h5-7H,2-4H2,1H3/t5-,6-/m1/s1. The van der Waals surface area contributed by atoms with E-state index in [2.05, 4.69) is 6.92 Å². The smallest absolute Gasteiger partial charge is 0.0461 e. The summed E-state index contributed by atoms with van der Waals surface area (Å²) in [5.41, 5.74) is 0. The van der Waals surface area contributed by atoms with Crippen molar-refractivity contribution < 1.29 is 5.11 Å². The molecule has 1 nitrogen and oxygen atoms in total. The molecule has 0 saturated heterocycles. The van der Waals surface area contributed by atoms with Crippen molar-refractivity contribution in [1.82, 2.24) is 0 Å². The molecule has 0 aromatic rings. The van der Waals surface area contributed by atoms with E-state index in [0.717, 1.165) is 5.92 Å². The van der Waals surface area contributed by atoms with E-state index < -0.39 is 0 Å². The highest BCUT2D eigenvalue weighted by Crippen LogP contribution is 2.32. The van der Waals surface area contributed by atoms with Gasteiger partial charge in [0.2, 0.25) is 0 Å². The summed E-state index contributed by atoms with van der Waals surface area (Å²) in [7, 11) is 0. The zero-order chi connectivity index (χ0) is 5.28. The minimum absolute atomic E-state index is 0.404. The summed E-state index contributed by atoms with van der Waals surface area (Å²) in [4.78, 5) is 0. The summed E-state index contributed by atoms with van der Waals surface area (Å²) in [6.07, 6.45) is 2.57. The molecule has 0 aromatic carbocycles. The molecule has 1 N–H and O–H groups in total. The topological polar surface area (TPSA) is 20.2 Å². The normalized spacial score (nSPS) is 40.3. The summed E-state index contributed by atoms with van der Waals surface area (Å²) in [5, 5.41) is 8.56. The van der Waals surface area contributed by atoms with Gasteiger partial charge in [-0.3, -0.25) is 0 Å². The van der Waals surface area contributed by atoms with E-state index in [4.69, 9.17) is 5.11 Å². The van der Waals surface area contributed by atoms with E-state index >= 15 is 0 Å². The van der Waals surface area contributed by atoms with Crippen LogP contribution in [0.2, 0.25) is 0 Å². The van der Waals surface area contributed by atoms with Crippen LogP contribution in [0.4, 0.5) is 0 Å². The first-order valence-corrected chi connectivity index (χ1v) is 2.95. The molecule has 1 aliphatic carbocycles. The van der Waals surface area contributed by atoms with Crippen molar-refractivity contribution in [3.05, 3.63) is 0 Å². The second kappa shape index (κ2) is 1.83. The average Bonchev–Trinajstić information content (AvgIpc) is 1.65. The van der Waals surface area contributed by atoms with Gasteiger partial charge in [-0.25, -0.2) is 0 Å². The van der Waals surface area contributed by atoms with Crippen LogP contribution in [-0.2, 0) is 0 Å². The van der Waals surface area contributed by atoms with Gasteiger partial charge in [-0.05, 0) is 18.3 Å². The molecule has 2 atom stereocenters. The van der Waals surface area contributed by atoms with Crippen molar-refractivity contribution in [3.63, 3.8) is 0 Å². The summed E-state index contributed by atoms with van der Waals surface area (Å²) in [6.45, 7) is 2.60. The van der Waals surface area contributed by atoms with Gasteiger partial charge in [0.05, 0.1) is 0 Å². The highest BCUT2D eigenvalue weighted by atomic mass is 16.3. The van der Waals surface area contributed by atoms with Crippen molar-refractivity contribution in [2.75, 3.05) is 6.61 Å². The molecule has 0 heterocycles. The van der Waals surface area contributed by atoms with Crippen LogP contribution in [0.5, 0.6) is 0 Å². The third-order valence-corrected chi connectivity index (χ3v) is 2.03. The van der Waals surface area contributed by atoms with E-state index in [1.165, 1.54) is 12.8 Å². The van der Waals surface area contributed by atoms with Crippen molar-refractivity contribution in [2.45, 2.75) is 19.8 Å². The molecule has 1 saturated carbocycles. The van der Waals surface area contributed by atoms with E-state index in [1.807, 2.05) is 0 Å². The van der Waals surface area contributed by atoms with Gasteiger partial charge in [0.25, 0.3) is 0 Å². The Morgan fingerprint density at radius 1 is 1.57 bits per heavy atom. The van der Waals surface area contributed by atoms with Crippen molar-refractivity contribution in [1.29, 1.82) is 0 Å². The van der Waals surface area contributed by atoms with Crippen LogP contribution in [0.25, 0.3) is 0 Å². The highest BCUT2D eigenvalue weighted by molar-refractivity contribution is 4.75. The van der Waals surface area contributed by atoms with Gasteiger partial charge in [0, 0.05) is 6.61 Å². The lowest BCUT2D eigenvalue weighted by Crippen LogP contribution is -2.25. The van der Waals surface area contributed by atoms with Crippen LogP contribution < -0.4 is 0 Å². The Balaban J connectivity index is 2.16. The third kappa shape index (κ3) is 0.778. The van der Waals surface area contributed by atoms with E-state index in [1.54, 1.807) is 0 Å². The first-order valence-electron chi connectivity index (χ1n) is 2.95. The molecule has 0 aliphatic heterocycles. The fourth-order valence-corrected chi connectivity index (χ4v) is 1.01. The minimum Gasteiger partial charge on any atom is -0.396 e. The summed E-state index contributed by atoms with van der Waals surface area (Å²) in [6, 6.07) is 0. The van der Waals surface area contributed by atoms with Gasteiger partial charge in [-0.15, -0.1) is 0 Å². The van der Waals surface area contributed by atoms with E-state index in [9.17, 15) is 0 Å². The molecule has 0 amide bonds. The van der Waals surface area contributed by atoms with Crippen LogP contribution >= 0.6 is 0 Å². The predicted molar refractivity (Wildman–Crippen MR) is 29.0 cm³/mol. The molecule has 7 heavy (non-hydrogen) atoms. The Morgan fingerprint density at radius 3 is 2.29 bits per heavy atom. The largest absolute Gasteiger partial charge is 0.396 e. The van der Waals surface area contributed by atoms with Crippen LogP contribution in [0.15, 0.2) is 0 Å². The van der Waals surface area contributed by atoms with Crippen LogP contribution in [0.1, 0.15) is 19.8 Å². The number of aliphatic hydroxyl groups excluding tert-OH is 1. The third-order valence-electron chi connectivity index (χ3n) is 2.03. The van der Waals surface area contributed by atoms with E-state index in [0.29, 0.717) is 12.5 Å². The molecular formula is C6H12O. The molecular weight excluding hydrogens is 88.1 g/mol. The number of aliphatic hydroxyl groups is 1. The maximum absolute atomic E-state index is 8.56. The van der Waals surface area contributed by atoms with E-state index in [-0.39, 0.29) is 0 Å². The molecule has 1 rings (SSSR count). The monoisotopic (exact) mass is 100 g/mol. The average molecular weight is 100 g/mol. The molecule has 1 aliphatic rings. The lowest BCUT2D eigenvalue weighted by Gasteiger charge is -2.31. The number of hydrogen-bond donors (Lipinski definition) is 1. The number of rotatable bonds is 1. The highest BCUT2D eigenvalue weighted by Gasteiger charge is 2.24. The molecule has 1 fully saturated rings. The van der Waals surface area contributed by atoms with Crippen molar-refractivity contribution >= 4 is 0 Å². The fourth-order valence-electron chi connectivity index (χ4n) is 1.01. The van der Waals surface area contributed by atoms with Gasteiger partial charge in [-0.1, -0.05) is 13.3 Å². The Labute approximate surface area is 44.4 Å². The molecule has 0 aromatic heterocycles. The Morgan fingerprint density at radius 2 is 2.29 bits per heavy atom. The minimum atomic E-state index is 0.404. The molecule has 0 spiro atoms. The number of hydrogen-bond acceptors (Lipinski definition) is 1. The van der Waals surface area contributed by atoms with Crippen LogP contribution in [0, 0.1) is 11.8 Å². The first-order chi connectivity index (χ1) is 3.34. The Kier molecular flexibility index (Phi) is 1.33. The molecule has 1 heteroatoms. The zero-order valence-corrected chi connectivity index (χ0v) is 4.72. The fraction of sp³-hybridized carbons (Fsp3) is 1.00. The predicted octanol–water partition coefficient (Wildman–Crippen LogP) is 1.02. The first kappa shape index (κ1) is 5.10. The van der Waals surface area contributed by atoms with Gasteiger partial charge >= 0.3 is 0 Å². The second-order valence-electron chi connectivity index (χ2n) is 2.50. The van der Waals surface area contributed by atoms with Crippen molar-refractivity contribution in [2.24, 2.45) is 11.8 Å². The van der Waals surface area contributed by atoms with Gasteiger partial charge in [-0.2, -0.15) is 0 Å². The summed E-state index contributed by atoms with van der Waals surface area (Å²) >= 11 is 0. The lowest BCUT2D eigenvalue weighted by molar-refractivity contribution is 0.103. The van der Waals surface area contributed by atoms with Gasteiger partial charge < -0.3 is 5.11 Å². The lowest BCUT2D eigenvalue weighted by atomic mass is 9.76. The van der Waals surface area contributed by atoms with Gasteiger partial charge in [0.15, 0.2) is 0 Å². The second-order valence-corrected chi connectivity index (χ2v) is 2.50. The maximum Gasteiger partial charge on any atom is 0.0461 e. The molecule has 0 radical (unpaired) electrons. The van der Waals surface area contributed by atoms with Gasteiger partial charge in [0.1, 0.15) is 0 Å². The zero-order valence-electron chi connectivity index (χ0n) is 4.72. The quantitative estimate of drug-likeness (QED) is 0.521. The SMILES string of the molecule is C[C@@H]1CC[C@@H]1CO. The van der Waals surface area contributed by atoms with Crippen molar-refractivity contribution in [3.8, 4) is 0 Å². The maximum atomic E-state index is 8.56. The summed E-state index contributed by atoms with van der Waals surface area (Å²) < 4.78 is 0. The molecule has 0 unspecified atom stereocenters. The molecule has 0 bridgehead atoms. The summed E-state index contributed by atoms with van der Waals surface area (Å²) in [5.74, 6) is 1.44. The van der Waals surface area contributed by atoms with Crippen LogP contribution in [0.3, 0.4) is 0 Å². The Bertz CT molecular complexity index is 59.2. The molecule has 42 valence electrons. The Hall–Kier alpha value is -0.0400.